The van der Waals surface area contributed by atoms with Crippen LogP contribution in [0.15, 0.2) is 44.1 Å². The lowest BCUT2D eigenvalue weighted by Gasteiger charge is -2.08. The molecule has 0 aliphatic heterocycles. The van der Waals surface area contributed by atoms with Gasteiger partial charge in [-0.15, -0.1) is 11.3 Å². The maximum absolute atomic E-state index is 12.4. The number of rotatable bonds is 3. The van der Waals surface area contributed by atoms with Crippen molar-refractivity contribution in [2.24, 2.45) is 7.05 Å². The Bertz CT molecular complexity index is 870. The second kappa shape index (κ2) is 5.94. The summed E-state index contributed by atoms with van der Waals surface area (Å²) in [5.74, 6) is 0.813. The Morgan fingerprint density at radius 3 is 2.86 bits per heavy atom. The molecule has 3 rings (SSSR count). The molecule has 0 spiro atoms. The van der Waals surface area contributed by atoms with E-state index in [1.165, 1.54) is 4.88 Å². The first kappa shape index (κ1) is 14.8. The predicted octanol–water partition coefficient (Wildman–Crippen LogP) is 4.36. The molecule has 0 atom stereocenters. The Kier molecular flexibility index (Phi) is 4.19. The molecule has 0 saturated carbocycles. The van der Waals surface area contributed by atoms with E-state index in [2.05, 4.69) is 27.0 Å². The zero-order chi connectivity index (χ0) is 15.0. The topological polar surface area (TPSA) is 34.9 Å². The van der Waals surface area contributed by atoms with Crippen LogP contribution in [0.2, 0.25) is 0 Å². The van der Waals surface area contributed by atoms with E-state index in [9.17, 15) is 4.79 Å². The highest BCUT2D eigenvalue weighted by Gasteiger charge is 2.09. The van der Waals surface area contributed by atoms with Crippen LogP contribution in [0.25, 0.3) is 10.9 Å². The van der Waals surface area contributed by atoms with Gasteiger partial charge in [0.15, 0.2) is 5.16 Å². The Labute approximate surface area is 139 Å². The van der Waals surface area contributed by atoms with E-state index in [0.717, 1.165) is 25.8 Å². The van der Waals surface area contributed by atoms with E-state index < -0.39 is 0 Å². The summed E-state index contributed by atoms with van der Waals surface area (Å²) in [5, 5.41) is 1.43. The molecule has 0 aliphatic carbocycles. The largest absolute Gasteiger partial charge is 0.290 e. The summed E-state index contributed by atoms with van der Waals surface area (Å²) in [7, 11) is 1.78. The monoisotopic (exact) mass is 380 g/mol. The molecule has 6 heteroatoms. The number of aryl methyl sites for hydroxylation is 1. The minimum absolute atomic E-state index is 0.0126. The lowest BCUT2D eigenvalue weighted by atomic mass is 10.2. The average Bonchev–Trinajstić information content (AvgIpc) is 2.88. The second-order valence-electron chi connectivity index (χ2n) is 4.77. The molecule has 0 aliphatic rings. The third kappa shape index (κ3) is 3.07. The van der Waals surface area contributed by atoms with E-state index in [-0.39, 0.29) is 5.56 Å². The van der Waals surface area contributed by atoms with E-state index in [1.54, 1.807) is 34.7 Å². The van der Waals surface area contributed by atoms with Crippen molar-refractivity contribution < 1.29 is 0 Å². The van der Waals surface area contributed by atoms with Crippen molar-refractivity contribution >= 4 is 49.9 Å². The Morgan fingerprint density at radius 1 is 1.33 bits per heavy atom. The van der Waals surface area contributed by atoms with Gasteiger partial charge in [-0.05, 0) is 47.1 Å². The van der Waals surface area contributed by atoms with Gasteiger partial charge in [0.2, 0.25) is 0 Å². The molecule has 0 unspecified atom stereocenters. The van der Waals surface area contributed by atoms with Crippen LogP contribution in [-0.4, -0.2) is 9.55 Å². The van der Waals surface area contributed by atoms with Crippen LogP contribution >= 0.6 is 39.0 Å². The van der Waals surface area contributed by atoms with E-state index in [1.807, 2.05) is 31.2 Å². The van der Waals surface area contributed by atoms with Gasteiger partial charge in [0, 0.05) is 17.7 Å². The van der Waals surface area contributed by atoms with Gasteiger partial charge in [-0.1, -0.05) is 23.4 Å². The molecule has 0 bridgehead atoms. The fourth-order valence-corrected chi connectivity index (χ4v) is 4.56. The van der Waals surface area contributed by atoms with Gasteiger partial charge in [0.25, 0.3) is 5.56 Å². The highest BCUT2D eigenvalue weighted by molar-refractivity contribution is 9.11. The van der Waals surface area contributed by atoms with Crippen LogP contribution in [0.3, 0.4) is 0 Å². The number of thiophene rings is 1. The van der Waals surface area contributed by atoms with Crippen LogP contribution in [0.4, 0.5) is 0 Å². The first-order chi connectivity index (χ1) is 10.0. The van der Waals surface area contributed by atoms with Crippen LogP contribution in [-0.2, 0) is 12.8 Å². The number of fused-ring (bicyclic) bond motifs is 1. The molecule has 0 N–H and O–H groups in total. The van der Waals surface area contributed by atoms with E-state index >= 15 is 0 Å². The number of nitrogens with zero attached hydrogens (tertiary/aromatic N) is 2. The van der Waals surface area contributed by atoms with E-state index in [4.69, 9.17) is 0 Å². The van der Waals surface area contributed by atoms with Crippen molar-refractivity contribution in [3.8, 4) is 0 Å². The summed E-state index contributed by atoms with van der Waals surface area (Å²) in [6.45, 7) is 1.98. The number of aromatic nitrogens is 2. The van der Waals surface area contributed by atoms with Crippen molar-refractivity contribution in [1.29, 1.82) is 0 Å². The summed E-state index contributed by atoms with van der Waals surface area (Å²) in [4.78, 5) is 18.3. The number of halogens is 1. The average molecular weight is 381 g/mol. The van der Waals surface area contributed by atoms with Crippen molar-refractivity contribution in [2.75, 3.05) is 0 Å². The third-order valence-electron chi connectivity index (χ3n) is 3.16. The highest BCUT2D eigenvalue weighted by Crippen LogP contribution is 2.28. The van der Waals surface area contributed by atoms with Crippen molar-refractivity contribution in [2.45, 2.75) is 17.8 Å². The minimum Gasteiger partial charge on any atom is -0.290 e. The molecule has 2 heterocycles. The van der Waals surface area contributed by atoms with Gasteiger partial charge < -0.3 is 0 Å². The predicted molar refractivity (Wildman–Crippen MR) is 93.3 cm³/mol. The number of hydrogen-bond donors (Lipinski definition) is 0. The molecule has 21 heavy (non-hydrogen) atoms. The molecule has 0 saturated heterocycles. The standard InChI is InChI=1S/C15H13BrN2OS2/c1-9-3-5-12-11(7-9)14(19)18(2)15(17-12)20-8-10-4-6-13(16)21-10/h3-7H,8H2,1-2H3. The normalized spacial score (nSPS) is 11.2. The quantitative estimate of drug-likeness (QED) is 0.500. The van der Waals surface area contributed by atoms with E-state index in [0.29, 0.717) is 5.39 Å². The molecule has 108 valence electrons. The smallest absolute Gasteiger partial charge is 0.261 e. The maximum Gasteiger partial charge on any atom is 0.261 e. The summed E-state index contributed by atoms with van der Waals surface area (Å²) in [5.41, 5.74) is 1.85. The summed E-state index contributed by atoms with van der Waals surface area (Å²) in [6, 6.07) is 9.92. The third-order valence-corrected chi connectivity index (χ3v) is 6.05. The molecular weight excluding hydrogens is 368 g/mol. The maximum atomic E-state index is 12.4. The summed E-state index contributed by atoms with van der Waals surface area (Å²) < 4.78 is 2.75. The van der Waals surface area contributed by atoms with Gasteiger partial charge >= 0.3 is 0 Å². The Morgan fingerprint density at radius 2 is 2.14 bits per heavy atom. The molecule has 0 amide bonds. The van der Waals surface area contributed by atoms with Gasteiger partial charge in [0.1, 0.15) is 0 Å². The SMILES string of the molecule is Cc1ccc2nc(SCc3ccc(Br)s3)n(C)c(=O)c2c1. The Balaban J connectivity index is 1.97. The zero-order valence-electron chi connectivity index (χ0n) is 11.6. The number of thioether (sulfide) groups is 1. The lowest BCUT2D eigenvalue weighted by Crippen LogP contribution is -2.20. The van der Waals surface area contributed by atoms with Gasteiger partial charge in [-0.2, -0.15) is 0 Å². The minimum atomic E-state index is 0.0126. The van der Waals surface area contributed by atoms with Gasteiger partial charge in [-0.3, -0.25) is 9.36 Å². The molecule has 0 radical (unpaired) electrons. The fourth-order valence-electron chi connectivity index (χ4n) is 2.06. The fraction of sp³-hybridized carbons (Fsp3) is 0.200. The van der Waals surface area contributed by atoms with Crippen molar-refractivity contribution in [3.63, 3.8) is 0 Å². The molecule has 3 aromatic rings. The second-order valence-corrected chi connectivity index (χ2v) is 8.26. The molecule has 0 fully saturated rings. The van der Waals surface area contributed by atoms with Crippen molar-refractivity contribution in [1.82, 2.24) is 9.55 Å². The summed E-state index contributed by atoms with van der Waals surface area (Å²) in [6.07, 6.45) is 0. The van der Waals surface area contributed by atoms with Crippen LogP contribution in [0.5, 0.6) is 0 Å². The number of benzene rings is 1. The first-order valence-electron chi connectivity index (χ1n) is 6.39. The van der Waals surface area contributed by atoms with Crippen LogP contribution in [0, 0.1) is 6.92 Å². The molecular formula is C15H13BrN2OS2. The highest BCUT2D eigenvalue weighted by atomic mass is 79.9. The van der Waals surface area contributed by atoms with Crippen LogP contribution in [0.1, 0.15) is 10.4 Å². The number of hydrogen-bond acceptors (Lipinski definition) is 4. The first-order valence-corrected chi connectivity index (χ1v) is 8.98. The zero-order valence-corrected chi connectivity index (χ0v) is 14.8. The molecule has 3 nitrogen and oxygen atoms in total. The van der Waals surface area contributed by atoms with Gasteiger partial charge in [-0.25, -0.2) is 4.98 Å². The molecule has 1 aromatic carbocycles. The summed E-state index contributed by atoms with van der Waals surface area (Å²) >= 11 is 6.75. The molecule has 2 aromatic heterocycles. The van der Waals surface area contributed by atoms with Gasteiger partial charge in [0.05, 0.1) is 14.7 Å². The van der Waals surface area contributed by atoms with Crippen LogP contribution < -0.4 is 5.56 Å². The van der Waals surface area contributed by atoms with Crippen molar-refractivity contribution in [3.05, 3.63) is 54.9 Å². The Hall–Kier alpha value is -1.11. The lowest BCUT2D eigenvalue weighted by molar-refractivity contribution is 0.726.